The van der Waals surface area contributed by atoms with Crippen LogP contribution < -0.4 is 0 Å². The van der Waals surface area contributed by atoms with Crippen molar-refractivity contribution in [1.29, 1.82) is 0 Å². The van der Waals surface area contributed by atoms with Crippen LogP contribution in [0.2, 0.25) is 0 Å². The summed E-state index contributed by atoms with van der Waals surface area (Å²) in [6.45, 7) is 0. The summed E-state index contributed by atoms with van der Waals surface area (Å²) in [5.74, 6) is 0. The lowest BCUT2D eigenvalue weighted by atomic mass is 10.5. The van der Waals surface area contributed by atoms with Gasteiger partial charge in [-0.3, -0.25) is 4.98 Å². The van der Waals surface area contributed by atoms with Gasteiger partial charge >= 0.3 is 0 Å². The Morgan fingerprint density at radius 2 is 1.36 bits per heavy atom. The first-order valence-electron chi connectivity index (χ1n) is 3.43. The topological polar surface area (TPSA) is 28.7 Å². The van der Waals surface area contributed by atoms with Gasteiger partial charge in [0.15, 0.2) is 0 Å². The number of aromatic amines is 1. The van der Waals surface area contributed by atoms with Gasteiger partial charge in [-0.25, -0.2) is 0 Å². The van der Waals surface area contributed by atoms with E-state index in [0.717, 1.165) is 0 Å². The van der Waals surface area contributed by atoms with Crippen molar-refractivity contribution in [2.75, 3.05) is 0 Å². The average Bonchev–Trinajstić information content (AvgIpc) is 2.64. The first-order valence-corrected chi connectivity index (χ1v) is 3.43. The first-order chi connectivity index (χ1) is 5.50. The number of pyridine rings is 1. The highest BCUT2D eigenvalue weighted by Gasteiger charge is 1.58. The molecule has 56 valence electrons. The predicted molar refractivity (Wildman–Crippen MR) is 45.0 cm³/mol. The van der Waals surface area contributed by atoms with Crippen LogP contribution in [-0.2, 0) is 0 Å². The second-order valence-electron chi connectivity index (χ2n) is 1.91. The van der Waals surface area contributed by atoms with Gasteiger partial charge in [-0.05, 0) is 24.3 Å². The molecule has 0 aromatic carbocycles. The lowest BCUT2D eigenvalue weighted by molar-refractivity contribution is 1.33. The minimum atomic E-state index is 1.75. The molecule has 1 N–H and O–H groups in total. The van der Waals surface area contributed by atoms with E-state index in [2.05, 4.69) is 9.97 Å². The average molecular weight is 146 g/mol. The molecule has 11 heavy (non-hydrogen) atoms. The zero-order chi connectivity index (χ0) is 7.78. The summed E-state index contributed by atoms with van der Waals surface area (Å²) in [5.41, 5.74) is 0. The summed E-state index contributed by atoms with van der Waals surface area (Å²) < 4.78 is 0. The van der Waals surface area contributed by atoms with Gasteiger partial charge in [0.25, 0.3) is 0 Å². The molecule has 2 nitrogen and oxygen atoms in total. The molecule has 0 unspecified atom stereocenters. The van der Waals surface area contributed by atoms with Gasteiger partial charge in [-0.2, -0.15) is 0 Å². The van der Waals surface area contributed by atoms with Gasteiger partial charge in [-0.1, -0.05) is 6.07 Å². The standard InChI is InChI=1S/C5H5N.C4H5N/c1-2-4-6-5-3-1;1-2-4-5-3-1/h1-5H;1-5H. The van der Waals surface area contributed by atoms with E-state index in [0.29, 0.717) is 0 Å². The van der Waals surface area contributed by atoms with Crippen molar-refractivity contribution in [3.8, 4) is 0 Å². The summed E-state index contributed by atoms with van der Waals surface area (Å²) in [6, 6.07) is 9.60. The molecular formula is C9H10N2. The van der Waals surface area contributed by atoms with Gasteiger partial charge in [0.2, 0.25) is 0 Å². The van der Waals surface area contributed by atoms with Crippen molar-refractivity contribution in [2.45, 2.75) is 0 Å². The summed E-state index contributed by atoms with van der Waals surface area (Å²) >= 11 is 0. The maximum Gasteiger partial charge on any atom is 0.0267 e. The van der Waals surface area contributed by atoms with Crippen molar-refractivity contribution in [2.24, 2.45) is 0 Å². The number of nitrogens with one attached hydrogen (secondary N) is 1. The fourth-order valence-corrected chi connectivity index (χ4v) is 0.590. The number of nitrogens with zero attached hydrogens (tertiary/aromatic N) is 1. The Balaban J connectivity index is 0.000000112. The van der Waals surface area contributed by atoms with Gasteiger partial charge < -0.3 is 4.98 Å². The van der Waals surface area contributed by atoms with E-state index < -0.39 is 0 Å². The van der Waals surface area contributed by atoms with Crippen LogP contribution in [-0.4, -0.2) is 9.97 Å². The van der Waals surface area contributed by atoms with Gasteiger partial charge in [-0.15, -0.1) is 0 Å². The van der Waals surface area contributed by atoms with E-state index in [1.807, 2.05) is 42.7 Å². The Hall–Kier alpha value is -1.57. The lowest BCUT2D eigenvalue weighted by Crippen LogP contribution is -1.58. The molecule has 0 aliphatic heterocycles. The highest BCUT2D eigenvalue weighted by Crippen LogP contribution is 1.73. The molecule has 0 bridgehead atoms. The molecule has 2 aromatic rings. The van der Waals surface area contributed by atoms with Crippen LogP contribution in [0.25, 0.3) is 0 Å². The van der Waals surface area contributed by atoms with E-state index in [-0.39, 0.29) is 0 Å². The monoisotopic (exact) mass is 146 g/mol. The van der Waals surface area contributed by atoms with Crippen LogP contribution in [0.1, 0.15) is 0 Å². The molecule has 0 atom stereocenters. The zero-order valence-electron chi connectivity index (χ0n) is 6.14. The Morgan fingerprint density at radius 3 is 1.55 bits per heavy atom. The Labute approximate surface area is 65.9 Å². The van der Waals surface area contributed by atoms with Crippen LogP contribution in [0.4, 0.5) is 0 Å². The highest BCUT2D eigenvalue weighted by molar-refractivity contribution is 4.88. The number of hydrogen-bond acceptors (Lipinski definition) is 1. The van der Waals surface area contributed by atoms with E-state index in [1.54, 1.807) is 12.4 Å². The first kappa shape index (κ1) is 7.54. The molecule has 0 aliphatic rings. The summed E-state index contributed by atoms with van der Waals surface area (Å²) in [6.07, 6.45) is 7.25. The van der Waals surface area contributed by atoms with Crippen molar-refractivity contribution in [1.82, 2.24) is 9.97 Å². The van der Waals surface area contributed by atoms with Crippen LogP contribution >= 0.6 is 0 Å². The number of aromatic nitrogens is 2. The maximum atomic E-state index is 3.78. The van der Waals surface area contributed by atoms with Crippen LogP contribution in [0.5, 0.6) is 0 Å². The minimum absolute atomic E-state index is 1.75. The molecular weight excluding hydrogens is 136 g/mol. The molecule has 2 heterocycles. The number of hydrogen-bond donors (Lipinski definition) is 1. The van der Waals surface area contributed by atoms with Crippen molar-refractivity contribution < 1.29 is 0 Å². The number of rotatable bonds is 0. The van der Waals surface area contributed by atoms with Crippen LogP contribution in [0, 0.1) is 0 Å². The molecule has 0 radical (unpaired) electrons. The second-order valence-corrected chi connectivity index (χ2v) is 1.91. The molecule has 2 heteroatoms. The zero-order valence-corrected chi connectivity index (χ0v) is 6.14. The molecule has 2 rings (SSSR count). The third kappa shape index (κ3) is 3.92. The van der Waals surface area contributed by atoms with Crippen molar-refractivity contribution in [3.05, 3.63) is 55.1 Å². The van der Waals surface area contributed by atoms with Crippen LogP contribution in [0.15, 0.2) is 55.1 Å². The van der Waals surface area contributed by atoms with Gasteiger partial charge in [0.05, 0.1) is 0 Å². The van der Waals surface area contributed by atoms with Crippen LogP contribution in [0.3, 0.4) is 0 Å². The summed E-state index contributed by atoms with van der Waals surface area (Å²) in [7, 11) is 0. The van der Waals surface area contributed by atoms with E-state index in [9.17, 15) is 0 Å². The fourth-order valence-electron chi connectivity index (χ4n) is 0.590. The largest absolute Gasteiger partial charge is 0.368 e. The normalized spacial score (nSPS) is 8.00. The fraction of sp³-hybridized carbons (Fsp3) is 0. The van der Waals surface area contributed by atoms with E-state index in [4.69, 9.17) is 0 Å². The number of H-pyrrole nitrogens is 1. The lowest BCUT2D eigenvalue weighted by Gasteiger charge is -1.70. The third-order valence-corrected chi connectivity index (χ3v) is 1.06. The van der Waals surface area contributed by atoms with Gasteiger partial charge in [0, 0.05) is 24.8 Å². The molecule has 0 saturated heterocycles. The smallest absolute Gasteiger partial charge is 0.0267 e. The molecule has 0 spiro atoms. The highest BCUT2D eigenvalue weighted by atomic mass is 14.6. The second kappa shape index (κ2) is 5.23. The quantitative estimate of drug-likeness (QED) is 0.605. The van der Waals surface area contributed by atoms with Gasteiger partial charge in [0.1, 0.15) is 0 Å². The molecule has 2 aromatic heterocycles. The minimum Gasteiger partial charge on any atom is -0.368 e. The Kier molecular flexibility index (Phi) is 3.59. The Bertz CT molecular complexity index is 193. The summed E-state index contributed by atoms with van der Waals surface area (Å²) in [4.78, 5) is 6.65. The predicted octanol–water partition coefficient (Wildman–Crippen LogP) is 2.10. The molecule has 0 aliphatic carbocycles. The third-order valence-electron chi connectivity index (χ3n) is 1.06. The molecule has 0 amide bonds. The van der Waals surface area contributed by atoms with Crippen molar-refractivity contribution in [3.63, 3.8) is 0 Å². The molecule has 0 fully saturated rings. The Morgan fingerprint density at radius 1 is 0.727 bits per heavy atom. The SMILES string of the molecule is c1cc[nH]c1.c1ccncc1. The maximum absolute atomic E-state index is 3.78. The van der Waals surface area contributed by atoms with E-state index in [1.165, 1.54) is 0 Å². The summed E-state index contributed by atoms with van der Waals surface area (Å²) in [5, 5.41) is 0. The van der Waals surface area contributed by atoms with E-state index >= 15 is 0 Å². The van der Waals surface area contributed by atoms with Crippen molar-refractivity contribution >= 4 is 0 Å². The molecule has 0 saturated carbocycles.